The zero-order chi connectivity index (χ0) is 18.0. The van der Waals surface area contributed by atoms with Gasteiger partial charge in [-0.15, -0.1) is 0 Å². The second kappa shape index (κ2) is 6.71. The molecule has 1 heterocycles. The Morgan fingerprint density at radius 1 is 1.32 bits per heavy atom. The summed E-state index contributed by atoms with van der Waals surface area (Å²) in [7, 11) is 0. The lowest BCUT2D eigenvalue weighted by molar-refractivity contribution is -0.161. The van der Waals surface area contributed by atoms with E-state index >= 15 is 0 Å². The lowest BCUT2D eigenvalue weighted by atomic mass is 9.85. The van der Waals surface area contributed by atoms with Crippen molar-refractivity contribution in [2.45, 2.75) is 12.5 Å². The van der Waals surface area contributed by atoms with Crippen molar-refractivity contribution < 1.29 is 14.6 Å². The summed E-state index contributed by atoms with van der Waals surface area (Å²) in [5, 5.41) is 21.1. The van der Waals surface area contributed by atoms with Crippen LogP contribution in [0.25, 0.3) is 10.9 Å². The number of nitrogens with zero attached hydrogens (tertiary/aromatic N) is 1. The fourth-order valence-corrected chi connectivity index (χ4v) is 3.16. The van der Waals surface area contributed by atoms with Crippen LogP contribution in [0, 0.1) is 11.3 Å². The van der Waals surface area contributed by atoms with Crippen molar-refractivity contribution in [2.24, 2.45) is 0 Å². The van der Waals surface area contributed by atoms with Crippen LogP contribution in [-0.4, -0.2) is 22.7 Å². The van der Waals surface area contributed by atoms with Gasteiger partial charge in [0.1, 0.15) is 0 Å². The van der Waals surface area contributed by atoms with E-state index in [2.05, 4.69) is 20.9 Å². The third-order valence-corrected chi connectivity index (χ3v) is 4.53. The number of benzene rings is 2. The lowest BCUT2D eigenvalue weighted by Crippen LogP contribution is -2.38. The highest BCUT2D eigenvalue weighted by Crippen LogP contribution is 2.36. The van der Waals surface area contributed by atoms with Gasteiger partial charge < -0.3 is 14.8 Å². The number of carbonyl (C=O) groups excluding carboxylic acids is 1. The first kappa shape index (κ1) is 17.2. The van der Waals surface area contributed by atoms with Gasteiger partial charge in [0.25, 0.3) is 0 Å². The van der Waals surface area contributed by atoms with Gasteiger partial charge in [-0.1, -0.05) is 34.1 Å². The van der Waals surface area contributed by atoms with Crippen molar-refractivity contribution in [3.05, 3.63) is 69.8 Å². The molecule has 0 radical (unpaired) electrons. The van der Waals surface area contributed by atoms with E-state index < -0.39 is 11.6 Å². The molecule has 3 aromatic rings. The molecule has 1 atom stereocenters. The third kappa shape index (κ3) is 2.93. The highest BCUT2D eigenvalue weighted by molar-refractivity contribution is 9.10. The topological polar surface area (TPSA) is 86.1 Å². The van der Waals surface area contributed by atoms with Crippen LogP contribution in [0.3, 0.4) is 0 Å². The summed E-state index contributed by atoms with van der Waals surface area (Å²) >= 11 is 3.40. The Kier molecular flexibility index (Phi) is 4.62. The van der Waals surface area contributed by atoms with Crippen LogP contribution < -0.4 is 0 Å². The quantitative estimate of drug-likeness (QED) is 0.657. The largest absolute Gasteiger partial charge is 0.463 e. The van der Waals surface area contributed by atoms with E-state index in [4.69, 9.17) is 10.00 Å². The number of aromatic nitrogens is 1. The number of hydrogen-bond acceptors (Lipinski definition) is 4. The number of nitrogens with one attached hydrogen (secondary N) is 1. The Hall–Kier alpha value is -2.62. The molecule has 6 heteroatoms. The number of rotatable bonds is 4. The normalized spacial score (nSPS) is 13.2. The van der Waals surface area contributed by atoms with Crippen LogP contribution in [0.2, 0.25) is 0 Å². The molecule has 0 aliphatic carbocycles. The zero-order valence-electron chi connectivity index (χ0n) is 13.4. The van der Waals surface area contributed by atoms with Gasteiger partial charge in [0, 0.05) is 27.1 Å². The molecule has 3 rings (SSSR count). The number of carbonyl (C=O) groups is 1. The zero-order valence-corrected chi connectivity index (χ0v) is 15.0. The maximum atomic E-state index is 12.7. The monoisotopic (exact) mass is 398 g/mol. The molecule has 5 nitrogen and oxygen atoms in total. The Labute approximate surface area is 153 Å². The predicted octanol–water partition coefficient (Wildman–Crippen LogP) is 3.60. The highest BCUT2D eigenvalue weighted by atomic mass is 79.9. The predicted molar refractivity (Wildman–Crippen MR) is 96.8 cm³/mol. The number of fused-ring (bicyclic) bond motifs is 1. The summed E-state index contributed by atoms with van der Waals surface area (Å²) < 4.78 is 6.02. The number of hydrogen-bond donors (Lipinski definition) is 2. The molecule has 126 valence electrons. The Morgan fingerprint density at radius 3 is 2.68 bits per heavy atom. The van der Waals surface area contributed by atoms with Crippen LogP contribution >= 0.6 is 15.9 Å². The number of aromatic amines is 1. The molecule has 2 N–H and O–H groups in total. The molecule has 0 saturated heterocycles. The molecule has 25 heavy (non-hydrogen) atoms. The summed E-state index contributed by atoms with van der Waals surface area (Å²) in [6.45, 7) is 1.83. The van der Waals surface area contributed by atoms with E-state index in [0.717, 1.165) is 9.99 Å². The maximum Gasteiger partial charge on any atom is 0.347 e. The Balaban J connectivity index is 2.22. The molecule has 0 saturated carbocycles. The second-order valence-corrected chi connectivity index (χ2v) is 6.43. The molecule has 0 fully saturated rings. The molecule has 0 aliphatic rings. The van der Waals surface area contributed by atoms with Crippen LogP contribution in [0.15, 0.2) is 53.1 Å². The fourth-order valence-electron chi connectivity index (χ4n) is 2.80. The van der Waals surface area contributed by atoms with Crippen LogP contribution in [0.4, 0.5) is 0 Å². The molecule has 1 aromatic heterocycles. The van der Waals surface area contributed by atoms with Crippen molar-refractivity contribution in [1.82, 2.24) is 4.98 Å². The van der Waals surface area contributed by atoms with Gasteiger partial charge in [0.15, 0.2) is 0 Å². The summed E-state index contributed by atoms with van der Waals surface area (Å²) in [4.78, 5) is 15.7. The van der Waals surface area contributed by atoms with Crippen molar-refractivity contribution in [3.63, 3.8) is 0 Å². The lowest BCUT2D eigenvalue weighted by Gasteiger charge is -2.26. The molecule has 0 spiro atoms. The maximum absolute atomic E-state index is 12.7. The highest BCUT2D eigenvalue weighted by Gasteiger charge is 2.43. The van der Waals surface area contributed by atoms with E-state index in [0.29, 0.717) is 22.1 Å². The van der Waals surface area contributed by atoms with E-state index in [1.807, 2.05) is 24.3 Å². The second-order valence-electron chi connectivity index (χ2n) is 5.51. The van der Waals surface area contributed by atoms with Gasteiger partial charge in [-0.2, -0.15) is 5.26 Å². The summed E-state index contributed by atoms with van der Waals surface area (Å²) in [5.41, 5.74) is -0.0127. The van der Waals surface area contributed by atoms with E-state index in [1.54, 1.807) is 37.4 Å². The number of nitriles is 1. The van der Waals surface area contributed by atoms with Crippen molar-refractivity contribution >= 4 is 32.8 Å². The van der Waals surface area contributed by atoms with Gasteiger partial charge in [-0.05, 0) is 36.8 Å². The molecule has 0 bridgehead atoms. The average molecular weight is 399 g/mol. The first-order valence-electron chi connectivity index (χ1n) is 7.68. The van der Waals surface area contributed by atoms with Gasteiger partial charge in [0.2, 0.25) is 5.60 Å². The minimum atomic E-state index is -1.98. The molecule has 1 unspecified atom stereocenters. The van der Waals surface area contributed by atoms with Gasteiger partial charge >= 0.3 is 5.97 Å². The molecule has 0 aliphatic heterocycles. The van der Waals surface area contributed by atoms with Crippen molar-refractivity contribution in [3.8, 4) is 6.07 Å². The molecule has 0 amide bonds. The number of ether oxygens (including phenoxy) is 1. The SMILES string of the molecule is CCOC(=O)C(O)(c1ccc(C#N)cc1)c1c[nH]c2cc(Br)ccc12. The molecule has 2 aromatic carbocycles. The van der Waals surface area contributed by atoms with E-state index in [1.165, 1.54) is 0 Å². The van der Waals surface area contributed by atoms with Gasteiger partial charge in [-0.25, -0.2) is 4.79 Å². The third-order valence-electron chi connectivity index (χ3n) is 4.04. The number of esters is 1. The van der Waals surface area contributed by atoms with Crippen LogP contribution in [0.5, 0.6) is 0 Å². The smallest absolute Gasteiger partial charge is 0.347 e. The number of halogens is 1. The van der Waals surface area contributed by atoms with Gasteiger partial charge in [0.05, 0.1) is 18.2 Å². The summed E-state index contributed by atoms with van der Waals surface area (Å²) in [5.74, 6) is -0.761. The van der Waals surface area contributed by atoms with Crippen molar-refractivity contribution in [2.75, 3.05) is 6.61 Å². The van der Waals surface area contributed by atoms with E-state index in [9.17, 15) is 9.90 Å². The molecular weight excluding hydrogens is 384 g/mol. The minimum absolute atomic E-state index is 0.144. The summed E-state index contributed by atoms with van der Waals surface area (Å²) in [6, 6.07) is 13.8. The first-order valence-corrected chi connectivity index (χ1v) is 8.47. The van der Waals surface area contributed by atoms with Crippen molar-refractivity contribution in [1.29, 1.82) is 5.26 Å². The standard InChI is InChI=1S/C19H15BrN2O3/c1-2-25-18(23)19(24,13-5-3-12(10-21)4-6-13)16-11-22-17-9-14(20)7-8-15(16)17/h3-9,11,22,24H,2H2,1H3. The summed E-state index contributed by atoms with van der Waals surface area (Å²) in [6.07, 6.45) is 1.60. The van der Waals surface area contributed by atoms with Crippen LogP contribution in [-0.2, 0) is 15.1 Å². The Bertz CT molecular complexity index is 972. The molecular formula is C19H15BrN2O3. The number of aliphatic hydroxyl groups is 1. The average Bonchev–Trinajstić information content (AvgIpc) is 3.04. The first-order chi connectivity index (χ1) is 12.0. The van der Waals surface area contributed by atoms with E-state index in [-0.39, 0.29) is 6.61 Å². The van der Waals surface area contributed by atoms with Crippen LogP contribution in [0.1, 0.15) is 23.6 Å². The minimum Gasteiger partial charge on any atom is -0.463 e. The Morgan fingerprint density at radius 2 is 2.04 bits per heavy atom. The fraction of sp³-hybridized carbons (Fsp3) is 0.158. The number of H-pyrrole nitrogens is 1. The van der Waals surface area contributed by atoms with Gasteiger partial charge in [-0.3, -0.25) is 0 Å².